The molecule has 1 aromatic heterocycles. The summed E-state index contributed by atoms with van der Waals surface area (Å²) >= 11 is 6.15. The van der Waals surface area contributed by atoms with E-state index in [-0.39, 0.29) is 5.56 Å². The number of nitrogens with one attached hydrogen (secondary N) is 1. The first-order valence-electron chi connectivity index (χ1n) is 7.27. The molecule has 3 aromatic rings. The van der Waals surface area contributed by atoms with Crippen LogP contribution >= 0.6 is 11.6 Å². The van der Waals surface area contributed by atoms with Gasteiger partial charge in [-0.1, -0.05) is 48.0 Å². The van der Waals surface area contributed by atoms with Gasteiger partial charge >= 0.3 is 0 Å². The number of rotatable bonds is 4. The first-order valence-corrected chi connectivity index (χ1v) is 7.65. The summed E-state index contributed by atoms with van der Waals surface area (Å²) in [6.07, 6.45) is 1.74. The largest absolute Gasteiger partial charge is 0.325 e. The molecule has 3 rings (SSSR count). The molecule has 0 unspecified atom stereocenters. The summed E-state index contributed by atoms with van der Waals surface area (Å²) in [4.78, 5) is 15.7. The van der Waals surface area contributed by atoms with Crippen LogP contribution in [0.25, 0.3) is 0 Å². The van der Waals surface area contributed by atoms with Crippen LogP contribution in [0.5, 0.6) is 0 Å². The third-order valence-electron chi connectivity index (χ3n) is 3.60. The summed E-state index contributed by atoms with van der Waals surface area (Å²) in [5.41, 5.74) is 2.59. The molecule has 1 heterocycles. The van der Waals surface area contributed by atoms with Crippen molar-refractivity contribution in [2.75, 3.05) is 5.32 Å². The van der Waals surface area contributed by atoms with E-state index in [1.54, 1.807) is 6.20 Å². The molecule has 0 aliphatic rings. The molecule has 5 heteroatoms. The van der Waals surface area contributed by atoms with Gasteiger partial charge in [0.1, 0.15) is 0 Å². The molecule has 0 saturated carbocycles. The quantitative estimate of drug-likeness (QED) is 0.788. The Kier molecular flexibility index (Phi) is 4.44. The summed E-state index contributed by atoms with van der Waals surface area (Å²) in [5, 5.41) is 3.88. The maximum Gasteiger partial charge on any atom is 0.274 e. The van der Waals surface area contributed by atoms with Crippen LogP contribution < -0.4 is 10.9 Å². The second-order valence-electron chi connectivity index (χ2n) is 5.24. The zero-order valence-corrected chi connectivity index (χ0v) is 13.4. The molecule has 0 aliphatic heterocycles. The minimum atomic E-state index is -0.281. The Bertz CT molecular complexity index is 875. The number of halogens is 1. The van der Waals surface area contributed by atoms with Crippen molar-refractivity contribution < 1.29 is 0 Å². The molecule has 4 nitrogen and oxygen atoms in total. The fourth-order valence-electron chi connectivity index (χ4n) is 2.30. The third-order valence-corrected chi connectivity index (χ3v) is 4.00. The van der Waals surface area contributed by atoms with Crippen LogP contribution in [0.3, 0.4) is 0 Å². The first kappa shape index (κ1) is 15.3. The lowest BCUT2D eigenvalue weighted by molar-refractivity contribution is 0.773. The number of nitrogens with zero attached hydrogens (tertiary/aromatic N) is 2. The Balaban J connectivity index is 1.96. The summed E-state index contributed by atoms with van der Waals surface area (Å²) in [7, 11) is 0. The molecular formula is C18H16ClN3O. The maximum atomic E-state index is 11.6. The Morgan fingerprint density at radius 3 is 2.65 bits per heavy atom. The second-order valence-corrected chi connectivity index (χ2v) is 5.65. The molecule has 2 aromatic carbocycles. The topological polar surface area (TPSA) is 46.9 Å². The predicted octanol–water partition coefficient (Wildman–Crippen LogP) is 4.00. The molecule has 0 atom stereocenters. The van der Waals surface area contributed by atoms with Gasteiger partial charge in [0, 0.05) is 23.0 Å². The van der Waals surface area contributed by atoms with Crippen molar-refractivity contribution in [3.8, 4) is 0 Å². The molecule has 0 spiro atoms. The number of hydrogen-bond donors (Lipinski definition) is 1. The van der Waals surface area contributed by atoms with Crippen LogP contribution in [0.2, 0.25) is 5.02 Å². The summed E-state index contributed by atoms with van der Waals surface area (Å²) in [6.45, 7) is 2.54. The average molecular weight is 326 g/mol. The fourth-order valence-corrected chi connectivity index (χ4v) is 2.48. The van der Waals surface area contributed by atoms with Crippen molar-refractivity contribution in [3.63, 3.8) is 0 Å². The van der Waals surface area contributed by atoms with E-state index in [0.29, 0.717) is 17.5 Å². The molecule has 0 aliphatic carbocycles. The third kappa shape index (κ3) is 3.60. The molecule has 0 saturated heterocycles. The highest BCUT2D eigenvalue weighted by Crippen LogP contribution is 2.25. The van der Waals surface area contributed by atoms with E-state index in [9.17, 15) is 4.79 Å². The molecule has 23 heavy (non-hydrogen) atoms. The smallest absolute Gasteiger partial charge is 0.274 e. The van der Waals surface area contributed by atoms with Gasteiger partial charge in [-0.15, -0.1) is 0 Å². The van der Waals surface area contributed by atoms with Crippen molar-refractivity contribution in [3.05, 3.63) is 87.3 Å². The van der Waals surface area contributed by atoms with Crippen molar-refractivity contribution in [1.82, 2.24) is 9.55 Å². The van der Waals surface area contributed by atoms with Crippen LogP contribution in [-0.2, 0) is 6.54 Å². The number of anilines is 2. The summed E-state index contributed by atoms with van der Waals surface area (Å²) in [5.74, 6) is 0.492. The van der Waals surface area contributed by atoms with E-state index in [1.807, 2.05) is 60.0 Å². The predicted molar refractivity (Wildman–Crippen MR) is 93.5 cm³/mol. The zero-order valence-electron chi connectivity index (χ0n) is 12.7. The lowest BCUT2D eigenvalue weighted by Crippen LogP contribution is -2.16. The highest BCUT2D eigenvalue weighted by Gasteiger charge is 2.07. The highest BCUT2D eigenvalue weighted by atomic mass is 35.5. The van der Waals surface area contributed by atoms with Gasteiger partial charge in [-0.05, 0) is 30.2 Å². The molecule has 116 valence electrons. The van der Waals surface area contributed by atoms with Gasteiger partial charge in [-0.2, -0.15) is 4.98 Å². The minimum Gasteiger partial charge on any atom is -0.325 e. The summed E-state index contributed by atoms with van der Waals surface area (Å²) in [6, 6.07) is 17.1. The molecule has 0 amide bonds. The normalized spacial score (nSPS) is 10.5. The summed E-state index contributed by atoms with van der Waals surface area (Å²) < 4.78 is 1.90. The Morgan fingerprint density at radius 1 is 1.09 bits per heavy atom. The van der Waals surface area contributed by atoms with Crippen molar-refractivity contribution in [2.45, 2.75) is 13.5 Å². The molecular weight excluding hydrogens is 310 g/mol. The molecule has 0 radical (unpaired) electrons. The fraction of sp³-hybridized carbons (Fsp3) is 0.111. The Morgan fingerprint density at radius 2 is 1.87 bits per heavy atom. The van der Waals surface area contributed by atoms with Crippen LogP contribution in [-0.4, -0.2) is 9.55 Å². The van der Waals surface area contributed by atoms with E-state index >= 15 is 0 Å². The van der Waals surface area contributed by atoms with Gasteiger partial charge < -0.3 is 9.88 Å². The van der Waals surface area contributed by atoms with E-state index in [1.165, 1.54) is 6.07 Å². The van der Waals surface area contributed by atoms with Gasteiger partial charge in [0.25, 0.3) is 5.56 Å². The van der Waals surface area contributed by atoms with Crippen LogP contribution in [0, 0.1) is 6.92 Å². The van der Waals surface area contributed by atoms with Crippen molar-refractivity contribution in [1.29, 1.82) is 0 Å². The molecule has 1 N–H and O–H groups in total. The minimum absolute atomic E-state index is 0.281. The van der Waals surface area contributed by atoms with Crippen LogP contribution in [0.15, 0.2) is 65.6 Å². The van der Waals surface area contributed by atoms with Crippen LogP contribution in [0.1, 0.15) is 11.1 Å². The van der Waals surface area contributed by atoms with E-state index in [2.05, 4.69) is 10.3 Å². The van der Waals surface area contributed by atoms with E-state index in [4.69, 9.17) is 11.6 Å². The standard InChI is InChI=1S/C18H16ClN3O/c1-13-15(19)8-5-9-16(13)20-18-21-17(23)10-11-22(18)12-14-6-3-2-4-7-14/h2-11H,12H2,1H3,(H,20,21,23). The Labute approximate surface area is 139 Å². The van der Waals surface area contributed by atoms with Crippen molar-refractivity contribution in [2.24, 2.45) is 0 Å². The number of benzene rings is 2. The SMILES string of the molecule is Cc1c(Cl)cccc1Nc1nc(=O)ccn1Cc1ccccc1. The molecule has 0 fully saturated rings. The average Bonchev–Trinajstić information content (AvgIpc) is 2.55. The second kappa shape index (κ2) is 6.67. The van der Waals surface area contributed by atoms with Crippen LogP contribution in [0.4, 0.5) is 11.6 Å². The van der Waals surface area contributed by atoms with Gasteiger partial charge in [0.2, 0.25) is 5.95 Å². The van der Waals surface area contributed by atoms with Gasteiger partial charge in [-0.25, -0.2) is 0 Å². The van der Waals surface area contributed by atoms with E-state index in [0.717, 1.165) is 16.8 Å². The highest BCUT2D eigenvalue weighted by molar-refractivity contribution is 6.31. The number of hydrogen-bond acceptors (Lipinski definition) is 3. The first-order chi connectivity index (χ1) is 11.1. The van der Waals surface area contributed by atoms with Gasteiger partial charge in [0.05, 0.1) is 6.54 Å². The lowest BCUT2D eigenvalue weighted by Gasteiger charge is -2.15. The zero-order chi connectivity index (χ0) is 16.2. The van der Waals surface area contributed by atoms with Gasteiger partial charge in [0.15, 0.2) is 0 Å². The number of aromatic nitrogens is 2. The maximum absolute atomic E-state index is 11.6. The monoisotopic (exact) mass is 325 g/mol. The Hall–Kier alpha value is -2.59. The molecule has 0 bridgehead atoms. The van der Waals surface area contributed by atoms with E-state index < -0.39 is 0 Å². The lowest BCUT2D eigenvalue weighted by atomic mass is 10.2. The van der Waals surface area contributed by atoms with Crippen molar-refractivity contribution >= 4 is 23.2 Å². The van der Waals surface area contributed by atoms with Gasteiger partial charge in [-0.3, -0.25) is 4.79 Å².